The van der Waals surface area contributed by atoms with Crippen LogP contribution in [0.2, 0.25) is 0 Å². The number of hydrogen-bond acceptors (Lipinski definition) is 2. The van der Waals surface area contributed by atoms with Crippen molar-refractivity contribution in [2.45, 2.75) is 116 Å². The van der Waals surface area contributed by atoms with Crippen LogP contribution in [0.25, 0.3) is 0 Å². The molecule has 0 aromatic carbocycles. The summed E-state index contributed by atoms with van der Waals surface area (Å²) in [7, 11) is 2.33. The zero-order valence-electron chi connectivity index (χ0n) is 20.2. The Bertz CT molecular complexity index is 446. The third-order valence-corrected chi connectivity index (χ3v) is 7.76. The maximum absolute atomic E-state index is 12.6. The fourth-order valence-electron chi connectivity index (χ4n) is 3.70. The van der Waals surface area contributed by atoms with Gasteiger partial charge in [0.05, 0.1) is 27.7 Å². The van der Waals surface area contributed by atoms with Crippen molar-refractivity contribution in [3.05, 3.63) is 12.2 Å². The van der Waals surface area contributed by atoms with E-state index in [0.717, 1.165) is 19.3 Å². The van der Waals surface area contributed by atoms with Crippen molar-refractivity contribution in [2.24, 2.45) is 0 Å². The summed E-state index contributed by atoms with van der Waals surface area (Å²) < 4.78 is 18.5. The van der Waals surface area contributed by atoms with Crippen LogP contribution in [0, 0.1) is 0 Å². The molecule has 0 aliphatic heterocycles. The molecule has 0 rings (SSSR count). The van der Waals surface area contributed by atoms with E-state index in [-0.39, 0.29) is 5.78 Å². The standard InChI is InChI=1S/C24H50NO3P/c1-6-8-9-10-11-12-13-14-15-16-17-18-19-20-21-23-28-29(26,27)24(22-7-2)25(3,4)5/h14-15,24H,6-13,16-23H2,1-5H3/p+1. The largest absolute Gasteiger partial charge is 0.385 e. The number of nitrogens with zero attached hydrogens (tertiary/aromatic N) is 1. The van der Waals surface area contributed by atoms with Crippen molar-refractivity contribution < 1.29 is 18.5 Å². The molecule has 0 amide bonds. The van der Waals surface area contributed by atoms with E-state index in [1.54, 1.807) is 0 Å². The maximum Gasteiger partial charge on any atom is 0.385 e. The van der Waals surface area contributed by atoms with E-state index in [9.17, 15) is 9.46 Å². The van der Waals surface area contributed by atoms with E-state index in [0.29, 0.717) is 17.5 Å². The molecule has 0 aliphatic rings. The van der Waals surface area contributed by atoms with Gasteiger partial charge in [0.25, 0.3) is 0 Å². The van der Waals surface area contributed by atoms with Gasteiger partial charge in [-0.15, -0.1) is 0 Å². The van der Waals surface area contributed by atoms with Crippen LogP contribution >= 0.6 is 7.60 Å². The Hall–Kier alpha value is -0.150. The molecule has 0 aromatic heterocycles. The Labute approximate surface area is 182 Å². The summed E-state index contributed by atoms with van der Waals surface area (Å²) in [5.74, 6) is -0.337. The van der Waals surface area contributed by atoms with Crippen molar-refractivity contribution in [1.29, 1.82) is 0 Å². The summed E-state index contributed by atoms with van der Waals surface area (Å²) in [6, 6.07) is 0. The Morgan fingerprint density at radius 3 is 1.76 bits per heavy atom. The van der Waals surface area contributed by atoms with Gasteiger partial charge in [-0.05, 0) is 38.5 Å². The third-order valence-electron chi connectivity index (χ3n) is 5.50. The van der Waals surface area contributed by atoms with Gasteiger partial charge in [0, 0.05) is 6.42 Å². The summed E-state index contributed by atoms with van der Waals surface area (Å²) in [5, 5.41) is 0. The second kappa shape index (κ2) is 17.5. The molecule has 0 aliphatic carbocycles. The van der Waals surface area contributed by atoms with Crippen LogP contribution in [0.5, 0.6) is 0 Å². The molecule has 1 N–H and O–H groups in total. The molecular formula is C24H51NO3P+. The Morgan fingerprint density at radius 1 is 0.793 bits per heavy atom. The van der Waals surface area contributed by atoms with Gasteiger partial charge in [-0.25, -0.2) is 0 Å². The smallest absolute Gasteiger partial charge is 0.320 e. The van der Waals surface area contributed by atoms with Crippen molar-refractivity contribution >= 4 is 7.60 Å². The Morgan fingerprint density at radius 2 is 1.28 bits per heavy atom. The molecule has 0 fully saturated rings. The highest BCUT2D eigenvalue weighted by Crippen LogP contribution is 2.51. The van der Waals surface area contributed by atoms with Crippen LogP contribution in [-0.2, 0) is 9.09 Å². The summed E-state index contributed by atoms with van der Waals surface area (Å²) in [6.45, 7) is 4.71. The average Bonchev–Trinajstić information content (AvgIpc) is 2.64. The fraction of sp³-hybridized carbons (Fsp3) is 0.917. The van der Waals surface area contributed by atoms with Crippen LogP contribution in [0.4, 0.5) is 0 Å². The van der Waals surface area contributed by atoms with E-state index in [1.165, 1.54) is 70.6 Å². The van der Waals surface area contributed by atoms with Crippen LogP contribution < -0.4 is 0 Å². The third kappa shape index (κ3) is 16.2. The quantitative estimate of drug-likeness (QED) is 0.0929. The molecule has 0 aromatic rings. The molecule has 0 saturated heterocycles. The van der Waals surface area contributed by atoms with Gasteiger partial charge in [0.2, 0.25) is 0 Å². The van der Waals surface area contributed by atoms with Crippen LogP contribution in [-0.4, -0.2) is 42.9 Å². The van der Waals surface area contributed by atoms with E-state index in [2.05, 4.69) is 19.1 Å². The van der Waals surface area contributed by atoms with Gasteiger partial charge in [0.15, 0.2) is 5.78 Å². The lowest BCUT2D eigenvalue weighted by molar-refractivity contribution is -0.883. The van der Waals surface area contributed by atoms with Gasteiger partial charge in [-0.3, -0.25) is 4.57 Å². The van der Waals surface area contributed by atoms with Crippen molar-refractivity contribution in [2.75, 3.05) is 27.7 Å². The molecular weight excluding hydrogens is 381 g/mol. The van der Waals surface area contributed by atoms with Crippen molar-refractivity contribution in [3.63, 3.8) is 0 Å². The molecule has 0 radical (unpaired) electrons. The van der Waals surface area contributed by atoms with Crippen molar-refractivity contribution in [3.8, 4) is 0 Å². The van der Waals surface area contributed by atoms with Crippen molar-refractivity contribution in [1.82, 2.24) is 0 Å². The fourth-order valence-corrected chi connectivity index (χ4v) is 5.72. The topological polar surface area (TPSA) is 46.5 Å². The van der Waals surface area contributed by atoms with Gasteiger partial charge >= 0.3 is 7.60 Å². The predicted octanol–water partition coefficient (Wildman–Crippen LogP) is 7.67. The monoisotopic (exact) mass is 432 g/mol. The molecule has 0 heterocycles. The highest BCUT2D eigenvalue weighted by Gasteiger charge is 2.41. The first-order valence-corrected chi connectivity index (χ1v) is 13.8. The van der Waals surface area contributed by atoms with Gasteiger partial charge in [-0.2, -0.15) is 0 Å². The normalized spacial score (nSPS) is 15.7. The second-order valence-corrected chi connectivity index (χ2v) is 11.3. The summed E-state index contributed by atoms with van der Waals surface area (Å²) in [4.78, 5) is 10.4. The lowest BCUT2D eigenvalue weighted by Gasteiger charge is -2.35. The van der Waals surface area contributed by atoms with E-state index in [1.807, 2.05) is 28.1 Å². The average molecular weight is 433 g/mol. The Balaban J connectivity index is 3.65. The van der Waals surface area contributed by atoms with E-state index >= 15 is 0 Å². The van der Waals surface area contributed by atoms with Gasteiger partial charge < -0.3 is 13.9 Å². The molecule has 29 heavy (non-hydrogen) atoms. The van der Waals surface area contributed by atoms with E-state index in [4.69, 9.17) is 4.52 Å². The SMILES string of the molecule is CCCCCCCCC=CCCCCCCCOP(=O)(O)C(CCC)[N+](C)(C)C. The highest BCUT2D eigenvalue weighted by atomic mass is 31.2. The summed E-state index contributed by atoms with van der Waals surface area (Å²) in [6.07, 6.45) is 22.5. The zero-order chi connectivity index (χ0) is 22.0. The van der Waals surface area contributed by atoms with Crippen LogP contribution in [0.3, 0.4) is 0 Å². The minimum atomic E-state index is -3.57. The second-order valence-electron chi connectivity index (χ2n) is 9.37. The van der Waals surface area contributed by atoms with Crippen LogP contribution in [0.15, 0.2) is 12.2 Å². The molecule has 4 nitrogen and oxygen atoms in total. The molecule has 2 atom stereocenters. The molecule has 0 spiro atoms. The zero-order valence-corrected chi connectivity index (χ0v) is 21.1. The minimum absolute atomic E-state index is 0.337. The first kappa shape index (κ1) is 28.9. The number of quaternary nitrogens is 1. The van der Waals surface area contributed by atoms with Crippen LogP contribution in [0.1, 0.15) is 110 Å². The van der Waals surface area contributed by atoms with E-state index < -0.39 is 7.60 Å². The highest BCUT2D eigenvalue weighted by molar-refractivity contribution is 7.53. The van der Waals surface area contributed by atoms with Gasteiger partial charge in [-0.1, -0.05) is 77.4 Å². The Kier molecular flexibility index (Phi) is 17.4. The summed E-state index contributed by atoms with van der Waals surface area (Å²) in [5.41, 5.74) is 0. The first-order valence-electron chi connectivity index (χ1n) is 12.2. The lowest BCUT2D eigenvalue weighted by atomic mass is 10.1. The minimum Gasteiger partial charge on any atom is -0.320 e. The number of allylic oxidation sites excluding steroid dienone is 2. The number of hydrogen-bond donors (Lipinski definition) is 1. The summed E-state index contributed by atoms with van der Waals surface area (Å²) >= 11 is 0. The van der Waals surface area contributed by atoms with Gasteiger partial charge in [0.1, 0.15) is 0 Å². The lowest BCUT2D eigenvalue weighted by Crippen LogP contribution is -2.45. The predicted molar refractivity (Wildman–Crippen MR) is 127 cm³/mol. The first-order chi connectivity index (χ1) is 13.8. The molecule has 5 heteroatoms. The number of unbranched alkanes of at least 4 members (excludes halogenated alkanes) is 11. The number of rotatable bonds is 20. The molecule has 2 unspecified atom stereocenters. The molecule has 174 valence electrons. The molecule has 0 bridgehead atoms. The molecule has 0 saturated carbocycles. The maximum atomic E-state index is 12.6.